The maximum atomic E-state index is 8.93. The van der Waals surface area contributed by atoms with Gasteiger partial charge in [0.2, 0.25) is 0 Å². The summed E-state index contributed by atoms with van der Waals surface area (Å²) in [4.78, 5) is 0. The van der Waals surface area contributed by atoms with E-state index in [2.05, 4.69) is 35.0 Å². The zero-order valence-electron chi connectivity index (χ0n) is 14.3. The van der Waals surface area contributed by atoms with Gasteiger partial charge in [-0.15, -0.1) is 0 Å². The summed E-state index contributed by atoms with van der Waals surface area (Å²) in [7, 11) is 6.74. The van der Waals surface area contributed by atoms with Crippen molar-refractivity contribution >= 4 is 0 Å². The number of rotatable bonds is 12. The molecule has 1 atom stereocenters. The summed E-state index contributed by atoms with van der Waals surface area (Å²) in [5.41, 5.74) is 0.0504. The van der Waals surface area contributed by atoms with Gasteiger partial charge >= 0.3 is 0 Å². The van der Waals surface area contributed by atoms with Crippen LogP contribution in [0.3, 0.4) is 0 Å². The first-order valence-electron chi connectivity index (χ1n) is 7.94. The van der Waals surface area contributed by atoms with Crippen LogP contribution in [0.4, 0.5) is 0 Å². The first-order valence-corrected chi connectivity index (χ1v) is 7.94. The van der Waals surface area contributed by atoms with Crippen LogP contribution in [0.5, 0.6) is 0 Å². The van der Waals surface area contributed by atoms with Crippen molar-refractivity contribution in [1.82, 2.24) is 0 Å². The summed E-state index contributed by atoms with van der Waals surface area (Å²) in [6.45, 7) is 6.63. The van der Waals surface area contributed by atoms with E-state index in [0.717, 1.165) is 43.2 Å². The maximum Gasteiger partial charge on any atom is 0.0780 e. The molecule has 0 fully saturated rings. The molecule has 0 aromatic heterocycles. The largest absolute Gasteiger partial charge is 1.00 e. The van der Waals surface area contributed by atoms with Crippen molar-refractivity contribution in [3.8, 4) is 0 Å². The first kappa shape index (κ1) is 22.6. The summed E-state index contributed by atoms with van der Waals surface area (Å²) in [5.74, 6) is 0. The van der Waals surface area contributed by atoms with Crippen LogP contribution in [0.25, 0.3) is 0 Å². The molecule has 1 unspecified atom stereocenters. The molecule has 0 aromatic rings. The molecule has 0 spiro atoms. The number of halogens is 1. The van der Waals surface area contributed by atoms with Gasteiger partial charge in [0.25, 0.3) is 0 Å². The highest BCUT2D eigenvalue weighted by Gasteiger charge is 2.27. The van der Waals surface area contributed by atoms with Crippen LogP contribution in [0.1, 0.15) is 58.8 Å². The van der Waals surface area contributed by atoms with Crippen LogP contribution in [0.15, 0.2) is 0 Å². The highest BCUT2D eigenvalue weighted by molar-refractivity contribution is 4.79. The van der Waals surface area contributed by atoms with E-state index in [1.165, 1.54) is 19.4 Å². The fourth-order valence-electron chi connectivity index (χ4n) is 2.62. The molecule has 0 rings (SSSR count). The van der Waals surface area contributed by atoms with Crippen molar-refractivity contribution in [3.63, 3.8) is 0 Å². The molecular weight excluding hydrogens is 318 g/mol. The summed E-state index contributed by atoms with van der Waals surface area (Å²) in [6.07, 6.45) is 7.79. The maximum absolute atomic E-state index is 8.93. The lowest BCUT2D eigenvalue weighted by Crippen LogP contribution is -3.00. The Bertz CT molecular complexity index is 219. The molecular formula is C16H36BrNO2. The monoisotopic (exact) mass is 353 g/mol. The van der Waals surface area contributed by atoms with Gasteiger partial charge in [0, 0.05) is 13.2 Å². The summed E-state index contributed by atoms with van der Waals surface area (Å²) in [6, 6.07) is 0. The third-order valence-corrected chi connectivity index (χ3v) is 3.85. The number of aliphatic hydroxyl groups excluding tert-OH is 1. The Balaban J connectivity index is 0. The minimum atomic E-state index is 0. The third kappa shape index (κ3) is 11.1. The number of nitrogens with zero attached hydrogens (tertiary/aromatic N) is 1. The lowest BCUT2D eigenvalue weighted by Gasteiger charge is -2.33. The molecule has 0 aromatic carbocycles. The summed E-state index contributed by atoms with van der Waals surface area (Å²) >= 11 is 0. The van der Waals surface area contributed by atoms with Crippen molar-refractivity contribution in [1.29, 1.82) is 0 Å². The zero-order valence-corrected chi connectivity index (χ0v) is 15.8. The third-order valence-electron chi connectivity index (χ3n) is 3.85. The van der Waals surface area contributed by atoms with Gasteiger partial charge in [-0.05, 0) is 51.9 Å². The van der Waals surface area contributed by atoms with Gasteiger partial charge in [-0.25, -0.2) is 0 Å². The van der Waals surface area contributed by atoms with Gasteiger partial charge in [-0.1, -0.05) is 6.92 Å². The molecule has 20 heavy (non-hydrogen) atoms. The average Bonchev–Trinajstić information content (AvgIpc) is 2.33. The quantitative estimate of drug-likeness (QED) is 0.401. The topological polar surface area (TPSA) is 29.5 Å². The Kier molecular flexibility index (Phi) is 13.5. The molecule has 0 aliphatic carbocycles. The minimum Gasteiger partial charge on any atom is -1.00 e. The highest BCUT2D eigenvalue weighted by atomic mass is 79.9. The highest BCUT2D eigenvalue weighted by Crippen LogP contribution is 2.29. The number of hydrogen-bond acceptors (Lipinski definition) is 2. The Labute approximate surface area is 137 Å². The molecule has 3 nitrogen and oxygen atoms in total. The van der Waals surface area contributed by atoms with Gasteiger partial charge in [0.15, 0.2) is 0 Å². The van der Waals surface area contributed by atoms with E-state index < -0.39 is 0 Å². The number of quaternary nitrogens is 1. The fourth-order valence-corrected chi connectivity index (χ4v) is 2.62. The van der Waals surface area contributed by atoms with Crippen molar-refractivity contribution in [2.24, 2.45) is 0 Å². The molecule has 0 aliphatic heterocycles. The van der Waals surface area contributed by atoms with Gasteiger partial charge in [0.1, 0.15) is 0 Å². The Hall–Kier alpha value is 0.360. The standard InChI is InChI=1S/C16H36NO2.BrH/c1-6-16(19-7-2,13-9-11-15-18)12-8-10-14-17(3,4)5;/h18H,6-15H2,1-5H3;1H/q+1;/p-1. The molecule has 124 valence electrons. The molecule has 0 amide bonds. The van der Waals surface area contributed by atoms with E-state index in [1.807, 2.05) is 0 Å². The zero-order chi connectivity index (χ0) is 14.8. The van der Waals surface area contributed by atoms with Gasteiger partial charge in [-0.2, -0.15) is 0 Å². The molecule has 4 heteroatoms. The van der Waals surface area contributed by atoms with Crippen molar-refractivity contribution in [3.05, 3.63) is 0 Å². The molecule has 0 radical (unpaired) electrons. The fraction of sp³-hybridized carbons (Fsp3) is 1.00. The molecule has 0 heterocycles. The lowest BCUT2D eigenvalue weighted by atomic mass is 9.88. The SMILES string of the molecule is CCOC(CC)(CCCCO)CCCC[N+](C)(C)C.[Br-]. The van der Waals surface area contributed by atoms with Gasteiger partial charge in [0.05, 0.1) is 33.3 Å². The summed E-state index contributed by atoms with van der Waals surface area (Å²) in [5, 5.41) is 8.93. The van der Waals surface area contributed by atoms with Crippen molar-refractivity contribution in [2.75, 3.05) is 40.9 Å². The summed E-state index contributed by atoms with van der Waals surface area (Å²) < 4.78 is 7.11. The van der Waals surface area contributed by atoms with Crippen LogP contribution in [0, 0.1) is 0 Å². The smallest absolute Gasteiger partial charge is 0.0780 e. The number of hydrogen-bond donors (Lipinski definition) is 1. The van der Waals surface area contributed by atoms with Gasteiger partial charge in [-0.3, -0.25) is 0 Å². The average molecular weight is 354 g/mol. The number of aliphatic hydroxyl groups is 1. The van der Waals surface area contributed by atoms with Crippen molar-refractivity contribution in [2.45, 2.75) is 64.4 Å². The van der Waals surface area contributed by atoms with E-state index >= 15 is 0 Å². The normalized spacial score (nSPS) is 14.7. The second-order valence-electron chi connectivity index (χ2n) is 6.62. The lowest BCUT2D eigenvalue weighted by molar-refractivity contribution is -0.870. The predicted octanol–water partition coefficient (Wildman–Crippen LogP) is 0.215. The van der Waals surface area contributed by atoms with E-state index in [-0.39, 0.29) is 22.6 Å². The second kappa shape index (κ2) is 12.0. The van der Waals surface area contributed by atoms with Crippen LogP contribution < -0.4 is 17.0 Å². The van der Waals surface area contributed by atoms with Crippen LogP contribution in [-0.4, -0.2) is 56.1 Å². The Morgan fingerprint density at radius 3 is 1.90 bits per heavy atom. The predicted molar refractivity (Wildman–Crippen MR) is 82.3 cm³/mol. The molecule has 0 saturated carbocycles. The van der Waals surface area contributed by atoms with Gasteiger partial charge < -0.3 is 31.3 Å². The van der Waals surface area contributed by atoms with E-state index in [4.69, 9.17) is 9.84 Å². The molecule has 0 saturated heterocycles. The number of unbranched alkanes of at least 4 members (excludes halogenated alkanes) is 2. The Morgan fingerprint density at radius 1 is 0.950 bits per heavy atom. The molecule has 0 bridgehead atoms. The number of ether oxygens (including phenoxy) is 1. The van der Waals surface area contributed by atoms with Crippen LogP contribution in [0.2, 0.25) is 0 Å². The van der Waals surface area contributed by atoms with E-state index in [9.17, 15) is 0 Å². The second-order valence-corrected chi connectivity index (χ2v) is 6.62. The van der Waals surface area contributed by atoms with Crippen LogP contribution >= 0.6 is 0 Å². The van der Waals surface area contributed by atoms with Crippen molar-refractivity contribution < 1.29 is 31.3 Å². The van der Waals surface area contributed by atoms with E-state index in [1.54, 1.807) is 0 Å². The molecule has 1 N–H and O–H groups in total. The Morgan fingerprint density at radius 2 is 1.50 bits per heavy atom. The van der Waals surface area contributed by atoms with E-state index in [0.29, 0.717) is 6.61 Å². The minimum absolute atomic E-state index is 0. The van der Waals surface area contributed by atoms with Crippen LogP contribution in [-0.2, 0) is 4.74 Å². The molecule has 0 aliphatic rings. The first-order chi connectivity index (χ1) is 8.89.